The largest absolute Gasteiger partial charge is 0.396 e. The van der Waals surface area contributed by atoms with E-state index >= 15 is 0 Å². The molecule has 1 aliphatic heterocycles. The Kier molecular flexibility index (Phi) is 4.51. The minimum absolute atomic E-state index is 0.0595. The summed E-state index contributed by atoms with van der Waals surface area (Å²) in [5.41, 5.74) is -0.129. The first-order chi connectivity index (χ1) is 9.42. The normalized spacial score (nSPS) is 23.4. The molecule has 5 heteroatoms. The van der Waals surface area contributed by atoms with E-state index < -0.39 is 5.60 Å². The molecule has 0 spiro atoms. The maximum absolute atomic E-state index is 12.5. The van der Waals surface area contributed by atoms with Gasteiger partial charge in [-0.1, -0.05) is 19.1 Å². The van der Waals surface area contributed by atoms with Crippen molar-refractivity contribution in [3.63, 3.8) is 0 Å². The van der Waals surface area contributed by atoms with Crippen molar-refractivity contribution >= 4 is 34.2 Å². The van der Waals surface area contributed by atoms with E-state index in [0.717, 1.165) is 9.26 Å². The van der Waals surface area contributed by atoms with Gasteiger partial charge in [-0.3, -0.25) is 4.79 Å². The van der Waals surface area contributed by atoms with Crippen LogP contribution in [0.2, 0.25) is 0 Å². The molecule has 1 heterocycles. The molecule has 1 aliphatic rings. The fourth-order valence-corrected chi connectivity index (χ4v) is 3.03. The number of carbonyl (C=O) groups is 1. The van der Waals surface area contributed by atoms with Gasteiger partial charge in [0.25, 0.3) is 5.91 Å². The minimum atomic E-state index is -1.53. The molecule has 0 saturated heterocycles. The zero-order chi connectivity index (χ0) is 14.9. The molecule has 2 rings (SSSR count). The molecule has 1 aromatic rings. The van der Waals surface area contributed by atoms with Crippen LogP contribution in [-0.4, -0.2) is 29.8 Å². The Morgan fingerprint density at radius 1 is 1.50 bits per heavy atom. The summed E-state index contributed by atoms with van der Waals surface area (Å²) in [6.45, 7) is 1.87. The summed E-state index contributed by atoms with van der Waals surface area (Å²) in [6, 6.07) is 5.63. The smallest absolute Gasteiger partial charge is 0.264 e. The molecule has 0 aliphatic carbocycles. The topological polar surface area (TPSA) is 60.8 Å². The first-order valence-electron chi connectivity index (χ1n) is 6.51. The van der Waals surface area contributed by atoms with E-state index in [1.165, 1.54) is 4.90 Å². The average molecular weight is 387 g/mol. The molecule has 20 heavy (non-hydrogen) atoms. The molecule has 4 nitrogen and oxygen atoms in total. The minimum Gasteiger partial charge on any atom is -0.396 e. The van der Waals surface area contributed by atoms with E-state index in [4.69, 9.17) is 5.11 Å². The zero-order valence-corrected chi connectivity index (χ0v) is 13.7. The second-order valence-electron chi connectivity index (χ2n) is 5.02. The van der Waals surface area contributed by atoms with Crippen LogP contribution < -0.4 is 4.90 Å². The molecular weight excluding hydrogens is 369 g/mol. The number of rotatable bonds is 4. The number of likely N-dealkylation sites (N-methyl/N-ethyl adjacent to an activating group) is 1. The third-order valence-corrected chi connectivity index (χ3v) is 4.41. The lowest BCUT2D eigenvalue weighted by Gasteiger charge is -2.27. The molecule has 2 atom stereocenters. The second kappa shape index (κ2) is 5.83. The molecule has 0 fully saturated rings. The third-order valence-electron chi connectivity index (χ3n) is 3.74. The van der Waals surface area contributed by atoms with Crippen molar-refractivity contribution in [3.05, 3.63) is 39.5 Å². The maximum Gasteiger partial charge on any atom is 0.264 e. The van der Waals surface area contributed by atoms with Gasteiger partial charge >= 0.3 is 0 Å². The van der Waals surface area contributed by atoms with E-state index in [2.05, 4.69) is 22.6 Å². The summed E-state index contributed by atoms with van der Waals surface area (Å²) in [5, 5.41) is 19.8. The van der Waals surface area contributed by atoms with Crippen LogP contribution in [0.3, 0.4) is 0 Å². The Morgan fingerprint density at radius 3 is 2.85 bits per heavy atom. The summed E-state index contributed by atoms with van der Waals surface area (Å²) in [7, 11) is 1.68. The fourth-order valence-electron chi connectivity index (χ4n) is 2.54. The molecule has 1 aromatic carbocycles. The maximum atomic E-state index is 12.5. The predicted octanol–water partition coefficient (Wildman–Crippen LogP) is 2.03. The molecular formula is C15H18INO3. The Labute approximate surface area is 132 Å². The van der Waals surface area contributed by atoms with Crippen LogP contribution in [0.25, 0.3) is 0 Å². The van der Waals surface area contributed by atoms with Gasteiger partial charge in [-0.05, 0) is 47.2 Å². The highest BCUT2D eigenvalue weighted by molar-refractivity contribution is 14.1. The summed E-state index contributed by atoms with van der Waals surface area (Å²) in [6.07, 6.45) is 4.10. The van der Waals surface area contributed by atoms with Crippen LogP contribution in [0.5, 0.6) is 0 Å². The third kappa shape index (κ3) is 2.38. The molecule has 1 amide bonds. The number of benzene rings is 1. The number of fused-ring (bicyclic) bond motifs is 1. The number of nitrogens with zero attached hydrogens (tertiary/aromatic N) is 1. The highest BCUT2D eigenvalue weighted by Crippen LogP contribution is 2.44. The summed E-state index contributed by atoms with van der Waals surface area (Å²) < 4.78 is 0.981. The average Bonchev–Trinajstić information content (AvgIpc) is 2.62. The van der Waals surface area contributed by atoms with Gasteiger partial charge in [0.05, 0.1) is 5.69 Å². The lowest BCUT2D eigenvalue weighted by Crippen LogP contribution is -2.43. The van der Waals surface area contributed by atoms with Gasteiger partial charge in [-0.25, -0.2) is 0 Å². The van der Waals surface area contributed by atoms with Gasteiger partial charge < -0.3 is 15.1 Å². The highest BCUT2D eigenvalue weighted by atomic mass is 127. The van der Waals surface area contributed by atoms with Gasteiger partial charge in [0.1, 0.15) is 0 Å². The van der Waals surface area contributed by atoms with Crippen molar-refractivity contribution in [2.24, 2.45) is 5.92 Å². The molecule has 0 saturated carbocycles. The van der Waals surface area contributed by atoms with Crippen LogP contribution in [0.4, 0.5) is 5.69 Å². The van der Waals surface area contributed by atoms with Crippen LogP contribution in [0.15, 0.2) is 30.4 Å². The Bertz CT molecular complexity index is 558. The summed E-state index contributed by atoms with van der Waals surface area (Å²) >= 11 is 2.17. The van der Waals surface area contributed by atoms with E-state index in [1.807, 2.05) is 25.1 Å². The van der Waals surface area contributed by atoms with Crippen LogP contribution >= 0.6 is 22.6 Å². The molecule has 2 N–H and O–H groups in total. The number of aliphatic hydroxyl groups excluding tert-OH is 1. The van der Waals surface area contributed by atoms with Crippen molar-refractivity contribution in [1.82, 2.24) is 0 Å². The molecule has 0 radical (unpaired) electrons. The lowest BCUT2D eigenvalue weighted by atomic mass is 9.83. The van der Waals surface area contributed by atoms with Crippen molar-refractivity contribution in [2.75, 3.05) is 18.6 Å². The molecule has 0 unspecified atom stereocenters. The molecule has 0 bridgehead atoms. The van der Waals surface area contributed by atoms with E-state index in [0.29, 0.717) is 12.0 Å². The number of carbonyl (C=O) groups excluding carboxylic acids is 1. The lowest BCUT2D eigenvalue weighted by molar-refractivity contribution is -0.139. The SMILES string of the molecule is C[C@@H](/C=C/CCO)[C@]1(O)C(=O)N(C)c2ccc(I)cc21. The standard InChI is InChI=1S/C15H18INO3/c1-10(5-3-4-8-18)15(20)12-9-11(16)6-7-13(12)17(2)14(15)19/h3,5-7,9-10,18,20H,4,8H2,1-2H3/b5-3+/t10-,15+/m0/s1. The van der Waals surface area contributed by atoms with Gasteiger partial charge in [0.15, 0.2) is 5.60 Å². The second-order valence-corrected chi connectivity index (χ2v) is 6.27. The first kappa shape index (κ1) is 15.5. The van der Waals surface area contributed by atoms with Crippen LogP contribution in [-0.2, 0) is 10.4 Å². The highest BCUT2D eigenvalue weighted by Gasteiger charge is 2.51. The van der Waals surface area contributed by atoms with E-state index in [-0.39, 0.29) is 18.4 Å². The molecule has 108 valence electrons. The number of aliphatic hydroxyl groups is 2. The van der Waals surface area contributed by atoms with Crippen LogP contribution in [0.1, 0.15) is 18.9 Å². The fraction of sp³-hybridized carbons (Fsp3) is 0.400. The zero-order valence-electron chi connectivity index (χ0n) is 11.5. The first-order valence-corrected chi connectivity index (χ1v) is 7.59. The number of hydrogen-bond acceptors (Lipinski definition) is 3. The monoisotopic (exact) mass is 387 g/mol. The number of hydrogen-bond donors (Lipinski definition) is 2. The van der Waals surface area contributed by atoms with Crippen molar-refractivity contribution < 1.29 is 15.0 Å². The van der Waals surface area contributed by atoms with Crippen LogP contribution in [0, 0.1) is 9.49 Å². The number of halogens is 1. The summed E-state index contributed by atoms with van der Waals surface area (Å²) in [4.78, 5) is 14.0. The van der Waals surface area contributed by atoms with Gasteiger partial charge in [0.2, 0.25) is 0 Å². The Morgan fingerprint density at radius 2 is 2.20 bits per heavy atom. The number of anilines is 1. The van der Waals surface area contributed by atoms with Gasteiger partial charge in [0, 0.05) is 28.7 Å². The van der Waals surface area contributed by atoms with Gasteiger partial charge in [-0.15, -0.1) is 0 Å². The van der Waals surface area contributed by atoms with E-state index in [9.17, 15) is 9.90 Å². The Balaban J connectivity index is 2.45. The summed E-state index contributed by atoms with van der Waals surface area (Å²) in [5.74, 6) is -0.668. The predicted molar refractivity (Wildman–Crippen MR) is 86.5 cm³/mol. The van der Waals surface area contributed by atoms with Crippen molar-refractivity contribution in [3.8, 4) is 0 Å². The van der Waals surface area contributed by atoms with Crippen molar-refractivity contribution in [2.45, 2.75) is 18.9 Å². The van der Waals surface area contributed by atoms with Crippen molar-refractivity contribution in [1.29, 1.82) is 0 Å². The number of amides is 1. The van der Waals surface area contributed by atoms with Gasteiger partial charge in [-0.2, -0.15) is 0 Å². The quantitative estimate of drug-likeness (QED) is 0.614. The Hall–Kier alpha value is -0.920. The van der Waals surface area contributed by atoms with E-state index in [1.54, 1.807) is 19.2 Å². The molecule has 0 aromatic heterocycles.